The lowest BCUT2D eigenvalue weighted by Crippen LogP contribution is -2.22. The SMILES string of the molecule is Nc1nonc1-n1nnc(-c2ccccc2)c1C(=O)NN=Cc1ccc(O)cc1. The van der Waals surface area contributed by atoms with E-state index < -0.39 is 5.91 Å². The largest absolute Gasteiger partial charge is 0.508 e. The normalized spacial score (nSPS) is 11.0. The molecule has 4 aromatic rings. The van der Waals surface area contributed by atoms with E-state index in [1.165, 1.54) is 18.3 Å². The lowest BCUT2D eigenvalue weighted by atomic mass is 10.1. The Labute approximate surface area is 163 Å². The van der Waals surface area contributed by atoms with Gasteiger partial charge in [0.1, 0.15) is 11.4 Å². The van der Waals surface area contributed by atoms with Crippen LogP contribution in [0.5, 0.6) is 5.75 Å². The predicted octanol–water partition coefficient (Wildman–Crippen LogP) is 1.37. The number of hydrogen-bond acceptors (Lipinski definition) is 9. The minimum atomic E-state index is -0.591. The van der Waals surface area contributed by atoms with Crippen molar-refractivity contribution in [3.8, 4) is 22.8 Å². The molecule has 144 valence electrons. The van der Waals surface area contributed by atoms with Gasteiger partial charge in [-0.3, -0.25) is 4.79 Å². The molecule has 29 heavy (non-hydrogen) atoms. The molecule has 0 bridgehead atoms. The summed E-state index contributed by atoms with van der Waals surface area (Å²) < 4.78 is 5.74. The van der Waals surface area contributed by atoms with Crippen molar-refractivity contribution in [3.05, 3.63) is 65.9 Å². The highest BCUT2D eigenvalue weighted by molar-refractivity contribution is 5.99. The van der Waals surface area contributed by atoms with Gasteiger partial charge in [0.15, 0.2) is 5.69 Å². The summed E-state index contributed by atoms with van der Waals surface area (Å²) in [5.74, 6) is -0.470. The molecule has 0 aliphatic rings. The number of rotatable bonds is 5. The quantitative estimate of drug-likeness (QED) is 0.340. The van der Waals surface area contributed by atoms with Crippen LogP contribution in [0.25, 0.3) is 17.1 Å². The van der Waals surface area contributed by atoms with Gasteiger partial charge in [-0.1, -0.05) is 35.5 Å². The van der Waals surface area contributed by atoms with Crippen LogP contribution in [0.4, 0.5) is 5.82 Å². The van der Waals surface area contributed by atoms with Crippen LogP contribution in [0.2, 0.25) is 0 Å². The predicted molar refractivity (Wildman–Crippen MR) is 102 cm³/mol. The number of anilines is 1. The maximum absolute atomic E-state index is 12.9. The maximum atomic E-state index is 12.9. The summed E-state index contributed by atoms with van der Waals surface area (Å²) in [5, 5.41) is 28.5. The number of benzene rings is 2. The van der Waals surface area contributed by atoms with Crippen molar-refractivity contribution < 1.29 is 14.5 Å². The molecule has 0 spiro atoms. The molecule has 1 amide bonds. The third-order valence-corrected chi connectivity index (χ3v) is 3.90. The number of hydrogen-bond donors (Lipinski definition) is 3. The summed E-state index contributed by atoms with van der Waals surface area (Å²) in [4.78, 5) is 12.9. The van der Waals surface area contributed by atoms with Gasteiger partial charge in [0.2, 0.25) is 11.6 Å². The van der Waals surface area contributed by atoms with Crippen LogP contribution in [0.1, 0.15) is 16.1 Å². The third-order valence-electron chi connectivity index (χ3n) is 3.90. The molecule has 2 aromatic carbocycles. The zero-order chi connectivity index (χ0) is 20.2. The molecule has 0 atom stereocenters. The summed E-state index contributed by atoms with van der Waals surface area (Å²) >= 11 is 0. The van der Waals surface area contributed by atoms with Gasteiger partial charge in [0.05, 0.1) is 6.21 Å². The van der Waals surface area contributed by atoms with Gasteiger partial charge in [0.25, 0.3) is 5.91 Å². The molecule has 4 N–H and O–H groups in total. The van der Waals surface area contributed by atoms with Crippen LogP contribution < -0.4 is 11.2 Å². The smallest absolute Gasteiger partial charge is 0.292 e. The van der Waals surface area contributed by atoms with Crippen molar-refractivity contribution in [3.63, 3.8) is 0 Å². The van der Waals surface area contributed by atoms with Crippen LogP contribution >= 0.6 is 0 Å². The number of aromatic nitrogens is 5. The zero-order valence-corrected chi connectivity index (χ0v) is 14.8. The van der Waals surface area contributed by atoms with E-state index in [4.69, 9.17) is 5.73 Å². The molecule has 2 heterocycles. The summed E-state index contributed by atoms with van der Waals surface area (Å²) in [5.41, 5.74) is 9.89. The standard InChI is InChI=1S/C18H14N8O3/c19-16-17(24-29-23-16)26-15(14(21-25-26)12-4-2-1-3-5-12)18(28)22-20-10-11-6-8-13(27)9-7-11/h1-10,27H,(H2,19,23)(H,22,28). The number of phenolic OH excluding ortho intramolecular Hbond substituents is 1. The van der Waals surface area contributed by atoms with Crippen LogP contribution in [-0.4, -0.2) is 42.5 Å². The first kappa shape index (κ1) is 17.9. The van der Waals surface area contributed by atoms with E-state index in [1.54, 1.807) is 24.3 Å². The highest BCUT2D eigenvalue weighted by atomic mass is 16.6. The first-order valence-electron chi connectivity index (χ1n) is 8.35. The van der Waals surface area contributed by atoms with Gasteiger partial charge in [-0.2, -0.15) is 9.78 Å². The summed E-state index contributed by atoms with van der Waals surface area (Å²) in [6, 6.07) is 15.4. The first-order chi connectivity index (χ1) is 14.1. The molecule has 0 radical (unpaired) electrons. The van der Waals surface area contributed by atoms with Crippen molar-refractivity contribution in [1.29, 1.82) is 0 Å². The van der Waals surface area contributed by atoms with Gasteiger partial charge < -0.3 is 10.8 Å². The Morgan fingerprint density at radius 2 is 1.90 bits per heavy atom. The van der Waals surface area contributed by atoms with E-state index in [0.717, 1.165) is 4.68 Å². The number of amides is 1. The molecule has 11 nitrogen and oxygen atoms in total. The highest BCUT2D eigenvalue weighted by Gasteiger charge is 2.25. The number of nitrogens with zero attached hydrogens (tertiary/aromatic N) is 6. The van der Waals surface area contributed by atoms with Crippen molar-refractivity contribution in [2.24, 2.45) is 5.10 Å². The van der Waals surface area contributed by atoms with Crippen molar-refractivity contribution >= 4 is 17.9 Å². The van der Waals surface area contributed by atoms with Crippen LogP contribution in [0, 0.1) is 0 Å². The van der Waals surface area contributed by atoms with E-state index in [0.29, 0.717) is 16.8 Å². The summed E-state index contributed by atoms with van der Waals surface area (Å²) in [7, 11) is 0. The average molecular weight is 390 g/mol. The Hall–Kier alpha value is -4.54. The molecule has 11 heteroatoms. The molecule has 2 aromatic heterocycles. The summed E-state index contributed by atoms with van der Waals surface area (Å²) in [6.07, 6.45) is 1.43. The first-order valence-corrected chi connectivity index (χ1v) is 8.35. The number of nitrogens with one attached hydrogen (secondary N) is 1. The fourth-order valence-corrected chi connectivity index (χ4v) is 2.54. The van der Waals surface area contributed by atoms with Gasteiger partial charge in [0, 0.05) is 5.56 Å². The Morgan fingerprint density at radius 1 is 1.14 bits per heavy atom. The highest BCUT2D eigenvalue weighted by Crippen LogP contribution is 2.24. The molecule has 0 aliphatic heterocycles. The van der Waals surface area contributed by atoms with E-state index in [9.17, 15) is 9.90 Å². The van der Waals surface area contributed by atoms with Gasteiger partial charge in [-0.15, -0.1) is 5.10 Å². The van der Waals surface area contributed by atoms with Gasteiger partial charge >= 0.3 is 0 Å². The number of aromatic hydroxyl groups is 1. The third kappa shape index (κ3) is 3.64. The Balaban J connectivity index is 1.68. The fourth-order valence-electron chi connectivity index (χ4n) is 2.54. The number of carbonyl (C=O) groups is 1. The second-order valence-corrected chi connectivity index (χ2v) is 5.83. The lowest BCUT2D eigenvalue weighted by molar-refractivity contribution is 0.0948. The molecule has 4 rings (SSSR count). The minimum absolute atomic E-state index is 0.0346. The molecule has 0 fully saturated rings. The molecule has 0 aliphatic carbocycles. The van der Waals surface area contributed by atoms with Crippen LogP contribution in [0.3, 0.4) is 0 Å². The van der Waals surface area contributed by atoms with Crippen molar-refractivity contribution in [1.82, 2.24) is 30.7 Å². The number of nitrogens with two attached hydrogens (primary N) is 1. The second-order valence-electron chi connectivity index (χ2n) is 5.83. The van der Waals surface area contributed by atoms with Crippen molar-refractivity contribution in [2.75, 3.05) is 5.73 Å². The van der Waals surface area contributed by atoms with Gasteiger partial charge in [-0.05, 0) is 40.1 Å². The number of phenols is 1. The monoisotopic (exact) mass is 390 g/mol. The Kier molecular flexibility index (Phi) is 4.68. The van der Waals surface area contributed by atoms with Gasteiger partial charge in [-0.25, -0.2) is 10.1 Å². The topological polar surface area (TPSA) is 157 Å². The fraction of sp³-hybridized carbons (Fsp3) is 0. The van der Waals surface area contributed by atoms with Crippen LogP contribution in [0.15, 0.2) is 64.3 Å². The van der Waals surface area contributed by atoms with E-state index in [2.05, 4.69) is 35.8 Å². The number of carbonyl (C=O) groups excluding carboxylic acids is 1. The van der Waals surface area contributed by atoms with E-state index >= 15 is 0 Å². The van der Waals surface area contributed by atoms with E-state index in [1.807, 2.05) is 18.2 Å². The maximum Gasteiger partial charge on any atom is 0.292 e. The molecule has 0 saturated carbocycles. The average Bonchev–Trinajstić information content (AvgIpc) is 3.36. The minimum Gasteiger partial charge on any atom is -0.508 e. The summed E-state index contributed by atoms with van der Waals surface area (Å²) in [6.45, 7) is 0. The Morgan fingerprint density at radius 3 is 2.59 bits per heavy atom. The number of nitrogen functional groups attached to an aromatic ring is 1. The number of hydrazone groups is 1. The van der Waals surface area contributed by atoms with Crippen molar-refractivity contribution in [2.45, 2.75) is 0 Å². The second kappa shape index (κ2) is 7.60. The van der Waals surface area contributed by atoms with Crippen LogP contribution in [-0.2, 0) is 0 Å². The lowest BCUT2D eigenvalue weighted by Gasteiger charge is -2.04. The molecule has 0 saturated heterocycles. The van der Waals surface area contributed by atoms with E-state index in [-0.39, 0.29) is 23.1 Å². The zero-order valence-electron chi connectivity index (χ0n) is 14.8. The molecule has 0 unspecified atom stereocenters. The Bertz CT molecular complexity index is 1170. The molecular weight excluding hydrogens is 376 g/mol. The molecular formula is C18H14N8O3.